The Morgan fingerprint density at radius 2 is 2.29 bits per heavy atom. The first-order chi connectivity index (χ1) is 8.13. The third-order valence-electron chi connectivity index (χ3n) is 3.30. The molecule has 1 fully saturated rings. The van der Waals surface area contributed by atoms with Crippen LogP contribution in [0.15, 0.2) is 24.3 Å². The molecule has 1 unspecified atom stereocenters. The number of nitrogens with zero attached hydrogens (tertiary/aromatic N) is 1. The van der Waals surface area contributed by atoms with Crippen molar-refractivity contribution >= 4 is 28.5 Å². The van der Waals surface area contributed by atoms with E-state index in [1.807, 2.05) is 36.2 Å². The third kappa shape index (κ3) is 2.98. The van der Waals surface area contributed by atoms with Crippen LogP contribution in [0.3, 0.4) is 0 Å². The molecule has 1 aromatic carbocycles. The highest BCUT2D eigenvalue weighted by Gasteiger charge is 2.34. The summed E-state index contributed by atoms with van der Waals surface area (Å²) in [5.74, 6) is 0.683. The molecule has 3 nitrogen and oxygen atoms in total. The van der Waals surface area contributed by atoms with Crippen molar-refractivity contribution < 1.29 is 4.79 Å². The molecule has 4 heteroatoms. The number of likely N-dealkylation sites (N-methyl/N-ethyl adjacent to an activating group) is 1. The Labute approximate surface area is 116 Å². The van der Waals surface area contributed by atoms with Crippen molar-refractivity contribution in [1.82, 2.24) is 4.90 Å². The van der Waals surface area contributed by atoms with Crippen molar-refractivity contribution in [3.05, 3.63) is 33.4 Å². The van der Waals surface area contributed by atoms with E-state index in [9.17, 15) is 4.79 Å². The van der Waals surface area contributed by atoms with Gasteiger partial charge in [0.1, 0.15) is 0 Å². The number of rotatable bonds is 4. The number of hydrogen-bond acceptors (Lipinski definition) is 2. The van der Waals surface area contributed by atoms with Crippen LogP contribution < -0.4 is 5.73 Å². The lowest BCUT2D eigenvalue weighted by atomic mass is 10.1. The fraction of sp³-hybridized carbons (Fsp3) is 0.462. The second kappa shape index (κ2) is 5.35. The molecule has 0 aliphatic heterocycles. The monoisotopic (exact) mass is 344 g/mol. The average molecular weight is 344 g/mol. The minimum Gasteiger partial charge on any atom is -0.337 e. The van der Waals surface area contributed by atoms with Crippen molar-refractivity contribution in [3.63, 3.8) is 0 Å². The zero-order chi connectivity index (χ0) is 12.4. The molecule has 0 bridgehead atoms. The zero-order valence-corrected chi connectivity index (χ0v) is 12.1. The maximum Gasteiger partial charge on any atom is 0.253 e. The molecule has 0 spiro atoms. The summed E-state index contributed by atoms with van der Waals surface area (Å²) >= 11 is 2.22. The molecule has 1 aromatic rings. The molecule has 0 heterocycles. The Hall–Kier alpha value is -0.620. The van der Waals surface area contributed by atoms with E-state index in [2.05, 4.69) is 22.6 Å². The van der Waals surface area contributed by atoms with Gasteiger partial charge in [0.15, 0.2) is 0 Å². The average Bonchev–Trinajstić information content (AvgIpc) is 3.13. The van der Waals surface area contributed by atoms with E-state index in [1.54, 1.807) is 0 Å². The summed E-state index contributed by atoms with van der Waals surface area (Å²) in [5.41, 5.74) is 6.51. The Kier molecular flexibility index (Phi) is 4.04. The largest absolute Gasteiger partial charge is 0.337 e. The molecular weight excluding hydrogens is 327 g/mol. The molecule has 17 heavy (non-hydrogen) atoms. The molecule has 1 aliphatic carbocycles. The van der Waals surface area contributed by atoms with Crippen LogP contribution in [-0.4, -0.2) is 30.4 Å². The van der Waals surface area contributed by atoms with Gasteiger partial charge in [-0.25, -0.2) is 0 Å². The first kappa shape index (κ1) is 12.8. The molecule has 1 amide bonds. The van der Waals surface area contributed by atoms with E-state index >= 15 is 0 Å². The van der Waals surface area contributed by atoms with Crippen molar-refractivity contribution in [2.75, 3.05) is 13.6 Å². The van der Waals surface area contributed by atoms with Gasteiger partial charge in [0.25, 0.3) is 5.91 Å². The highest BCUT2D eigenvalue weighted by Crippen LogP contribution is 2.34. The standard InChI is InChI=1S/C13H17IN2O/c1-16(12(8-15)9-5-6-9)13(17)10-3-2-4-11(14)7-10/h2-4,7,9,12H,5-6,8,15H2,1H3. The third-order valence-corrected chi connectivity index (χ3v) is 3.97. The Balaban J connectivity index is 2.13. The summed E-state index contributed by atoms with van der Waals surface area (Å²) in [6.45, 7) is 0.552. The highest BCUT2D eigenvalue weighted by atomic mass is 127. The normalized spacial score (nSPS) is 16.6. The maximum atomic E-state index is 12.3. The summed E-state index contributed by atoms with van der Waals surface area (Å²) in [5, 5.41) is 0. The summed E-state index contributed by atoms with van der Waals surface area (Å²) in [7, 11) is 1.86. The van der Waals surface area contributed by atoms with Gasteiger partial charge in [0, 0.05) is 28.8 Å². The van der Waals surface area contributed by atoms with E-state index in [0.29, 0.717) is 12.5 Å². The van der Waals surface area contributed by atoms with Crippen LogP contribution >= 0.6 is 22.6 Å². The van der Waals surface area contributed by atoms with Crippen LogP contribution in [0, 0.1) is 9.49 Å². The van der Waals surface area contributed by atoms with Crippen LogP contribution in [0.5, 0.6) is 0 Å². The molecule has 2 rings (SSSR count). The van der Waals surface area contributed by atoms with Gasteiger partial charge in [-0.15, -0.1) is 0 Å². The molecule has 0 aromatic heterocycles. The lowest BCUT2D eigenvalue weighted by Gasteiger charge is -2.27. The first-order valence-corrected chi connectivity index (χ1v) is 6.94. The second-order valence-electron chi connectivity index (χ2n) is 4.57. The summed E-state index contributed by atoms with van der Waals surface area (Å²) in [6.07, 6.45) is 2.40. The van der Waals surface area contributed by atoms with E-state index in [0.717, 1.165) is 9.13 Å². The number of nitrogens with two attached hydrogens (primary N) is 1. The summed E-state index contributed by atoms with van der Waals surface area (Å²) < 4.78 is 1.08. The summed E-state index contributed by atoms with van der Waals surface area (Å²) in [6, 6.07) is 7.87. The first-order valence-electron chi connectivity index (χ1n) is 5.86. The number of benzene rings is 1. The van der Waals surface area contributed by atoms with Crippen molar-refractivity contribution in [2.24, 2.45) is 11.7 Å². The number of carbonyl (C=O) groups excluding carboxylic acids is 1. The Bertz CT molecular complexity index is 418. The van der Waals surface area contributed by atoms with Crippen LogP contribution in [-0.2, 0) is 0 Å². The van der Waals surface area contributed by atoms with Gasteiger partial charge in [-0.1, -0.05) is 6.07 Å². The fourth-order valence-corrected chi connectivity index (χ4v) is 2.67. The topological polar surface area (TPSA) is 46.3 Å². The molecule has 0 saturated heterocycles. The predicted octanol–water partition coefficient (Wildman–Crippen LogP) is 2.10. The van der Waals surface area contributed by atoms with Gasteiger partial charge >= 0.3 is 0 Å². The van der Waals surface area contributed by atoms with Crippen LogP contribution in [0.1, 0.15) is 23.2 Å². The molecule has 92 valence electrons. The molecule has 1 atom stereocenters. The second-order valence-corrected chi connectivity index (χ2v) is 5.81. The van der Waals surface area contributed by atoms with Gasteiger partial charge in [0.05, 0.1) is 0 Å². The number of carbonyl (C=O) groups is 1. The van der Waals surface area contributed by atoms with E-state index < -0.39 is 0 Å². The number of amides is 1. The summed E-state index contributed by atoms with van der Waals surface area (Å²) in [4.78, 5) is 14.1. The van der Waals surface area contributed by atoms with E-state index in [-0.39, 0.29) is 11.9 Å². The fourth-order valence-electron chi connectivity index (χ4n) is 2.12. The van der Waals surface area contributed by atoms with Crippen LogP contribution in [0.25, 0.3) is 0 Å². The molecule has 1 saturated carbocycles. The van der Waals surface area contributed by atoms with Gasteiger partial charge in [-0.3, -0.25) is 4.79 Å². The smallest absolute Gasteiger partial charge is 0.253 e. The van der Waals surface area contributed by atoms with Crippen LogP contribution in [0.2, 0.25) is 0 Å². The minimum atomic E-state index is 0.0749. The molecule has 0 radical (unpaired) electrons. The molecule has 1 aliphatic rings. The SMILES string of the molecule is CN(C(=O)c1cccc(I)c1)C(CN)C1CC1. The quantitative estimate of drug-likeness (QED) is 0.851. The van der Waals surface area contributed by atoms with Crippen molar-refractivity contribution in [2.45, 2.75) is 18.9 Å². The van der Waals surface area contributed by atoms with Crippen molar-refractivity contribution in [1.29, 1.82) is 0 Å². The van der Waals surface area contributed by atoms with Gasteiger partial charge in [-0.05, 0) is 59.5 Å². The number of halogens is 1. The highest BCUT2D eigenvalue weighted by molar-refractivity contribution is 14.1. The minimum absolute atomic E-state index is 0.0749. The zero-order valence-electron chi connectivity index (χ0n) is 9.90. The Morgan fingerprint density at radius 3 is 2.82 bits per heavy atom. The Morgan fingerprint density at radius 1 is 1.59 bits per heavy atom. The lowest BCUT2D eigenvalue weighted by molar-refractivity contribution is 0.0718. The lowest BCUT2D eigenvalue weighted by Crippen LogP contribution is -2.43. The number of hydrogen-bond donors (Lipinski definition) is 1. The van der Waals surface area contributed by atoms with E-state index in [1.165, 1.54) is 12.8 Å². The molecular formula is C13H17IN2O. The van der Waals surface area contributed by atoms with Crippen molar-refractivity contribution in [3.8, 4) is 0 Å². The van der Waals surface area contributed by atoms with Gasteiger partial charge in [-0.2, -0.15) is 0 Å². The maximum absolute atomic E-state index is 12.3. The van der Waals surface area contributed by atoms with E-state index in [4.69, 9.17) is 5.73 Å². The van der Waals surface area contributed by atoms with Gasteiger partial charge in [0.2, 0.25) is 0 Å². The molecule has 2 N–H and O–H groups in total. The van der Waals surface area contributed by atoms with Gasteiger partial charge < -0.3 is 10.6 Å². The predicted molar refractivity (Wildman–Crippen MR) is 76.8 cm³/mol. The van der Waals surface area contributed by atoms with Crippen LogP contribution in [0.4, 0.5) is 0 Å².